The molecular weight excluding hydrogens is 472 g/mol. The first kappa shape index (κ1) is 33.3. The summed E-state index contributed by atoms with van der Waals surface area (Å²) in [5.41, 5.74) is 3.50. The van der Waals surface area contributed by atoms with Crippen molar-refractivity contribution in [3.8, 4) is 0 Å². The molecule has 4 heteroatoms. The summed E-state index contributed by atoms with van der Waals surface area (Å²) in [6, 6.07) is 0. The number of allylic oxidation sites excluding steroid dienone is 3. The van der Waals surface area contributed by atoms with E-state index in [2.05, 4.69) is 39.5 Å². The van der Waals surface area contributed by atoms with E-state index in [4.69, 9.17) is 5.11 Å². The van der Waals surface area contributed by atoms with Crippen molar-refractivity contribution in [2.24, 2.45) is 29.1 Å². The molecule has 38 heavy (non-hydrogen) atoms. The van der Waals surface area contributed by atoms with Crippen molar-refractivity contribution < 1.29 is 20.4 Å². The van der Waals surface area contributed by atoms with E-state index in [1.807, 2.05) is 13.8 Å². The van der Waals surface area contributed by atoms with Crippen LogP contribution < -0.4 is 0 Å². The largest absolute Gasteiger partial charge is 0.397 e. The maximum absolute atomic E-state index is 10.6. The Bertz CT molecular complexity index is 789. The summed E-state index contributed by atoms with van der Waals surface area (Å²) < 4.78 is 0. The maximum atomic E-state index is 10.6. The number of hydrogen-bond donors (Lipinski definition) is 4. The molecular formula is C34H60O4. The number of aliphatic hydroxyl groups is 4. The zero-order valence-corrected chi connectivity index (χ0v) is 25.5. The predicted molar refractivity (Wildman–Crippen MR) is 160 cm³/mol. The minimum absolute atomic E-state index is 0.218. The van der Waals surface area contributed by atoms with Gasteiger partial charge < -0.3 is 20.4 Å². The fraction of sp³-hybridized carbons (Fsp3) is 0.824. The molecule has 220 valence electrons. The Kier molecular flexibility index (Phi) is 13.3. The molecule has 0 aromatic carbocycles. The summed E-state index contributed by atoms with van der Waals surface area (Å²) in [5, 5.41) is 38.6. The van der Waals surface area contributed by atoms with Crippen LogP contribution in [-0.2, 0) is 0 Å². The van der Waals surface area contributed by atoms with Crippen LogP contribution in [0.1, 0.15) is 125 Å². The van der Waals surface area contributed by atoms with Crippen molar-refractivity contribution in [2.45, 2.75) is 143 Å². The number of aliphatic hydroxyl groups excluding tert-OH is 3. The molecule has 0 bridgehead atoms. The van der Waals surface area contributed by atoms with Gasteiger partial charge in [0, 0.05) is 6.61 Å². The van der Waals surface area contributed by atoms with Gasteiger partial charge in [-0.15, -0.1) is 0 Å². The summed E-state index contributed by atoms with van der Waals surface area (Å²) in [7, 11) is 0. The molecule has 0 amide bonds. The Balaban J connectivity index is 0.00000161. The average molecular weight is 533 g/mol. The van der Waals surface area contributed by atoms with Gasteiger partial charge in [-0.25, -0.2) is 0 Å². The van der Waals surface area contributed by atoms with E-state index in [9.17, 15) is 15.3 Å². The molecule has 0 saturated heterocycles. The van der Waals surface area contributed by atoms with Gasteiger partial charge in [0.15, 0.2) is 0 Å². The lowest BCUT2D eigenvalue weighted by molar-refractivity contribution is 0.0479. The van der Waals surface area contributed by atoms with Crippen LogP contribution in [0.15, 0.2) is 35.5 Å². The zero-order valence-electron chi connectivity index (χ0n) is 25.5. The smallest absolute Gasteiger partial charge is 0.0787 e. The van der Waals surface area contributed by atoms with Gasteiger partial charge in [-0.1, -0.05) is 57.9 Å². The molecule has 0 aliphatic heterocycles. The molecule has 0 aromatic rings. The van der Waals surface area contributed by atoms with Gasteiger partial charge in [0.1, 0.15) is 0 Å². The van der Waals surface area contributed by atoms with Gasteiger partial charge in [-0.3, -0.25) is 0 Å². The Morgan fingerprint density at radius 3 is 2.37 bits per heavy atom. The molecule has 3 fully saturated rings. The van der Waals surface area contributed by atoms with Crippen LogP contribution in [0.4, 0.5) is 0 Å². The van der Waals surface area contributed by atoms with Gasteiger partial charge in [-0.05, 0) is 132 Å². The molecule has 6 atom stereocenters. The second kappa shape index (κ2) is 15.2. The fourth-order valence-electron chi connectivity index (χ4n) is 7.55. The van der Waals surface area contributed by atoms with Crippen LogP contribution >= 0.6 is 0 Å². The highest BCUT2D eigenvalue weighted by molar-refractivity contribution is 5.37. The van der Waals surface area contributed by atoms with Crippen LogP contribution in [0.25, 0.3) is 0 Å². The van der Waals surface area contributed by atoms with Crippen molar-refractivity contribution in [1.29, 1.82) is 0 Å². The summed E-state index contributed by atoms with van der Waals surface area (Å²) in [5.74, 6) is 2.26. The Labute approximate surface area is 234 Å². The van der Waals surface area contributed by atoms with Gasteiger partial charge >= 0.3 is 0 Å². The van der Waals surface area contributed by atoms with Gasteiger partial charge in [0.25, 0.3) is 0 Å². The summed E-state index contributed by atoms with van der Waals surface area (Å²) in [6.07, 6.45) is 18.4. The zero-order chi connectivity index (χ0) is 28.5. The molecule has 3 aliphatic rings. The monoisotopic (exact) mass is 532 g/mol. The van der Waals surface area contributed by atoms with Crippen molar-refractivity contribution in [3.63, 3.8) is 0 Å². The average Bonchev–Trinajstić information content (AvgIpc) is 3.19. The van der Waals surface area contributed by atoms with Gasteiger partial charge in [0.05, 0.1) is 17.8 Å². The third-order valence-electron chi connectivity index (χ3n) is 9.81. The summed E-state index contributed by atoms with van der Waals surface area (Å²) in [4.78, 5) is 0. The standard InChI is InChI=1S/C32H54O3.C2H6O/c1-22(2)29(33)19-16-26(11-8-20-31(4,5)35)28-18-17-27-25(12-9-21-32(27,28)6)15-14-24-10-7-13-30(34)23(24)3;1-2-3/h14-15,22,26-30,33-35H,3,7-13,16-21H2,1-2,4-6H3;3H,2H2,1H3/b24-14-,25-15+;/t26-,27+,28-,29-,30+,32+;/m1./s1. The van der Waals surface area contributed by atoms with E-state index in [0.717, 1.165) is 56.9 Å². The first-order valence-corrected chi connectivity index (χ1v) is 15.6. The predicted octanol–water partition coefficient (Wildman–Crippen LogP) is 7.51. The Morgan fingerprint density at radius 1 is 1.05 bits per heavy atom. The lowest BCUT2D eigenvalue weighted by atomic mass is 9.60. The lowest BCUT2D eigenvalue weighted by Gasteiger charge is -2.45. The first-order chi connectivity index (χ1) is 17.8. The first-order valence-electron chi connectivity index (χ1n) is 15.6. The van der Waals surface area contributed by atoms with Crippen LogP contribution in [0.5, 0.6) is 0 Å². The highest BCUT2D eigenvalue weighted by Gasteiger charge is 2.51. The normalized spacial score (nSPS) is 31.8. The van der Waals surface area contributed by atoms with Crippen LogP contribution in [-0.4, -0.2) is 44.8 Å². The van der Waals surface area contributed by atoms with Crippen molar-refractivity contribution >= 4 is 0 Å². The third-order valence-corrected chi connectivity index (χ3v) is 9.81. The molecule has 0 spiro atoms. The lowest BCUT2D eigenvalue weighted by Crippen LogP contribution is -2.37. The molecule has 0 unspecified atom stereocenters. The molecule has 3 saturated carbocycles. The van der Waals surface area contributed by atoms with E-state index >= 15 is 0 Å². The molecule has 0 aromatic heterocycles. The van der Waals surface area contributed by atoms with Crippen molar-refractivity contribution in [2.75, 3.05) is 6.61 Å². The highest BCUT2D eigenvalue weighted by atomic mass is 16.3. The van der Waals surface area contributed by atoms with Crippen LogP contribution in [0.3, 0.4) is 0 Å². The van der Waals surface area contributed by atoms with Gasteiger partial charge in [-0.2, -0.15) is 0 Å². The van der Waals surface area contributed by atoms with Crippen molar-refractivity contribution in [1.82, 2.24) is 0 Å². The van der Waals surface area contributed by atoms with Crippen LogP contribution in [0, 0.1) is 29.1 Å². The minimum atomic E-state index is -0.602. The second-order valence-electron chi connectivity index (χ2n) is 13.6. The SMILES string of the molecule is C=C1/C(=C\C=C2/CCC[C@]3(C)[C@@H]([C@H](CCCC(C)(C)O)CC[C@@H](O)C(C)C)CC[C@@H]23)CCC[C@@H]1O.CCO. The topological polar surface area (TPSA) is 80.9 Å². The van der Waals surface area contributed by atoms with E-state index < -0.39 is 5.60 Å². The number of fused-ring (bicyclic) bond motifs is 1. The van der Waals surface area contributed by atoms with E-state index in [1.165, 1.54) is 37.7 Å². The molecule has 4 nitrogen and oxygen atoms in total. The Morgan fingerprint density at radius 2 is 1.74 bits per heavy atom. The van der Waals surface area contributed by atoms with Crippen LogP contribution in [0.2, 0.25) is 0 Å². The molecule has 0 radical (unpaired) electrons. The molecule has 3 rings (SSSR count). The maximum Gasteiger partial charge on any atom is 0.0787 e. The number of rotatable bonds is 10. The fourth-order valence-corrected chi connectivity index (χ4v) is 7.55. The summed E-state index contributed by atoms with van der Waals surface area (Å²) in [6.45, 7) is 16.7. The van der Waals surface area contributed by atoms with E-state index in [-0.39, 0.29) is 18.8 Å². The molecule has 4 N–H and O–H groups in total. The van der Waals surface area contributed by atoms with Crippen molar-refractivity contribution in [3.05, 3.63) is 35.5 Å². The van der Waals surface area contributed by atoms with Gasteiger partial charge in [0.2, 0.25) is 0 Å². The minimum Gasteiger partial charge on any atom is -0.397 e. The molecule has 0 heterocycles. The van der Waals surface area contributed by atoms with E-state index in [0.29, 0.717) is 29.1 Å². The quantitative estimate of drug-likeness (QED) is 0.235. The highest BCUT2D eigenvalue weighted by Crippen LogP contribution is 2.60. The molecule has 3 aliphatic carbocycles. The summed E-state index contributed by atoms with van der Waals surface area (Å²) >= 11 is 0. The second-order valence-corrected chi connectivity index (χ2v) is 13.6. The number of hydrogen-bond acceptors (Lipinski definition) is 4. The van der Waals surface area contributed by atoms with E-state index in [1.54, 1.807) is 12.5 Å². The Hall–Kier alpha value is -0.940. The third kappa shape index (κ3) is 9.32.